The van der Waals surface area contributed by atoms with E-state index in [1.54, 1.807) is 6.92 Å². The molecule has 6 heteroatoms. The Hall–Kier alpha value is -1.27. The summed E-state index contributed by atoms with van der Waals surface area (Å²) in [6.07, 6.45) is 1.42. The number of anilines is 1. The van der Waals surface area contributed by atoms with Gasteiger partial charge in [0.05, 0.1) is 5.69 Å². The van der Waals surface area contributed by atoms with Crippen molar-refractivity contribution >= 4 is 5.82 Å². The molecule has 0 unspecified atom stereocenters. The highest BCUT2D eigenvalue weighted by molar-refractivity contribution is 5.41. The summed E-state index contributed by atoms with van der Waals surface area (Å²) in [7, 11) is 0. The van der Waals surface area contributed by atoms with Gasteiger partial charge in [-0.15, -0.1) is 0 Å². The molecule has 5 nitrogen and oxygen atoms in total. The average molecular weight is 267 g/mol. The molecule has 0 aromatic carbocycles. The van der Waals surface area contributed by atoms with Gasteiger partial charge in [-0.05, 0) is 20.8 Å². The van der Waals surface area contributed by atoms with E-state index in [2.05, 4.69) is 28.7 Å². The molecule has 0 saturated carbocycles. The summed E-state index contributed by atoms with van der Waals surface area (Å²) in [5, 5.41) is 0. The lowest BCUT2D eigenvalue weighted by atomic mass is 10.0. The molecule has 1 aliphatic heterocycles. The number of aryl methyl sites for hydroxylation is 1. The van der Waals surface area contributed by atoms with Crippen LogP contribution in [0.5, 0.6) is 0 Å². The quantitative estimate of drug-likeness (QED) is 0.877. The van der Waals surface area contributed by atoms with Gasteiger partial charge in [-0.3, -0.25) is 4.90 Å². The van der Waals surface area contributed by atoms with E-state index in [1.807, 2.05) is 4.90 Å². The topological polar surface area (TPSA) is 58.3 Å². The Balaban J connectivity index is 2.06. The predicted molar refractivity (Wildman–Crippen MR) is 73.6 cm³/mol. The molecule has 1 aromatic rings. The normalized spacial score (nSPS) is 17.8. The first-order valence-electron chi connectivity index (χ1n) is 6.63. The van der Waals surface area contributed by atoms with Crippen LogP contribution in [-0.2, 0) is 0 Å². The zero-order valence-electron chi connectivity index (χ0n) is 11.9. The van der Waals surface area contributed by atoms with Crippen molar-refractivity contribution in [3.63, 3.8) is 0 Å². The summed E-state index contributed by atoms with van der Waals surface area (Å²) in [4.78, 5) is 12.3. The van der Waals surface area contributed by atoms with E-state index in [1.165, 1.54) is 6.33 Å². The van der Waals surface area contributed by atoms with Crippen LogP contribution in [0.15, 0.2) is 6.33 Å². The van der Waals surface area contributed by atoms with Gasteiger partial charge in [0.15, 0.2) is 11.6 Å². The second kappa shape index (κ2) is 5.38. The Morgan fingerprint density at radius 3 is 2.47 bits per heavy atom. The fourth-order valence-corrected chi connectivity index (χ4v) is 2.32. The molecule has 19 heavy (non-hydrogen) atoms. The van der Waals surface area contributed by atoms with Crippen LogP contribution < -0.4 is 10.6 Å². The number of aromatic nitrogens is 2. The molecule has 0 atom stereocenters. The van der Waals surface area contributed by atoms with Crippen molar-refractivity contribution in [3.05, 3.63) is 17.8 Å². The molecule has 1 fully saturated rings. The van der Waals surface area contributed by atoms with Gasteiger partial charge in [0, 0.05) is 38.3 Å². The summed E-state index contributed by atoms with van der Waals surface area (Å²) >= 11 is 0. The summed E-state index contributed by atoms with van der Waals surface area (Å²) < 4.78 is 14.0. The van der Waals surface area contributed by atoms with Crippen molar-refractivity contribution in [2.75, 3.05) is 37.6 Å². The highest BCUT2D eigenvalue weighted by atomic mass is 19.1. The lowest BCUT2D eigenvalue weighted by molar-refractivity contribution is 0.118. The van der Waals surface area contributed by atoms with E-state index in [-0.39, 0.29) is 11.4 Å². The van der Waals surface area contributed by atoms with Crippen molar-refractivity contribution in [3.8, 4) is 0 Å². The molecule has 0 aliphatic carbocycles. The van der Waals surface area contributed by atoms with Crippen LogP contribution in [0.1, 0.15) is 19.5 Å². The highest BCUT2D eigenvalue weighted by Gasteiger charge is 2.29. The third kappa shape index (κ3) is 2.84. The van der Waals surface area contributed by atoms with Crippen LogP contribution in [0, 0.1) is 12.7 Å². The van der Waals surface area contributed by atoms with Crippen molar-refractivity contribution in [2.45, 2.75) is 26.3 Å². The monoisotopic (exact) mass is 267 g/mol. The number of hydrogen-bond acceptors (Lipinski definition) is 5. The summed E-state index contributed by atoms with van der Waals surface area (Å²) in [6, 6.07) is 0. The van der Waals surface area contributed by atoms with Gasteiger partial charge in [0.1, 0.15) is 6.33 Å². The predicted octanol–water partition coefficient (Wildman–Crippen LogP) is 0.783. The van der Waals surface area contributed by atoms with Crippen molar-refractivity contribution < 1.29 is 4.39 Å². The molecule has 2 N–H and O–H groups in total. The Labute approximate surface area is 113 Å². The maximum absolute atomic E-state index is 14.0. The fourth-order valence-electron chi connectivity index (χ4n) is 2.32. The molecule has 1 aromatic heterocycles. The largest absolute Gasteiger partial charge is 0.352 e. The standard InChI is InChI=1S/C13H22FN5/c1-10-11(14)12(17-9-16-10)18-4-6-19(7-5-18)13(2,3)8-15/h9H,4-8,15H2,1-3H3. The van der Waals surface area contributed by atoms with Gasteiger partial charge in [0.2, 0.25) is 0 Å². The Bertz CT molecular complexity index is 441. The summed E-state index contributed by atoms with van der Waals surface area (Å²) in [6.45, 7) is 9.81. The highest BCUT2D eigenvalue weighted by Crippen LogP contribution is 2.21. The molecule has 0 bridgehead atoms. The molecule has 1 saturated heterocycles. The second-order valence-corrected chi connectivity index (χ2v) is 5.59. The number of halogens is 1. The second-order valence-electron chi connectivity index (χ2n) is 5.59. The first-order chi connectivity index (χ1) is 8.95. The van der Waals surface area contributed by atoms with Gasteiger partial charge in [-0.2, -0.15) is 0 Å². The molecule has 2 rings (SSSR count). The zero-order chi connectivity index (χ0) is 14.0. The third-order valence-electron chi connectivity index (χ3n) is 3.88. The number of nitrogens with zero attached hydrogens (tertiary/aromatic N) is 4. The van der Waals surface area contributed by atoms with Crippen LogP contribution >= 0.6 is 0 Å². The van der Waals surface area contributed by atoms with Crippen LogP contribution in [0.4, 0.5) is 10.2 Å². The fraction of sp³-hybridized carbons (Fsp3) is 0.692. The molecular formula is C13H22FN5. The van der Waals surface area contributed by atoms with E-state index in [0.717, 1.165) is 26.2 Å². The molecule has 0 spiro atoms. The van der Waals surface area contributed by atoms with Gasteiger partial charge < -0.3 is 10.6 Å². The van der Waals surface area contributed by atoms with Crippen LogP contribution in [0.3, 0.4) is 0 Å². The molecule has 106 valence electrons. The number of rotatable bonds is 3. The minimum Gasteiger partial charge on any atom is -0.352 e. The van der Waals surface area contributed by atoms with Gasteiger partial charge >= 0.3 is 0 Å². The van der Waals surface area contributed by atoms with E-state index >= 15 is 0 Å². The maximum atomic E-state index is 14.0. The number of hydrogen-bond donors (Lipinski definition) is 1. The molecule has 0 radical (unpaired) electrons. The van der Waals surface area contributed by atoms with Crippen LogP contribution in [0.2, 0.25) is 0 Å². The lowest BCUT2D eigenvalue weighted by Gasteiger charge is -2.43. The maximum Gasteiger partial charge on any atom is 0.186 e. The third-order valence-corrected chi connectivity index (χ3v) is 3.88. The summed E-state index contributed by atoms with van der Waals surface area (Å²) in [5.74, 6) is 0.103. The zero-order valence-corrected chi connectivity index (χ0v) is 11.9. The number of piperazine rings is 1. The molecule has 1 aliphatic rings. The Morgan fingerprint density at radius 1 is 1.26 bits per heavy atom. The Kier molecular flexibility index (Phi) is 4.01. The van der Waals surface area contributed by atoms with E-state index in [9.17, 15) is 4.39 Å². The Morgan fingerprint density at radius 2 is 1.89 bits per heavy atom. The van der Waals surface area contributed by atoms with Crippen molar-refractivity contribution in [1.29, 1.82) is 0 Å². The summed E-state index contributed by atoms with van der Waals surface area (Å²) in [5.41, 5.74) is 6.18. The van der Waals surface area contributed by atoms with E-state index in [0.29, 0.717) is 18.1 Å². The van der Waals surface area contributed by atoms with E-state index < -0.39 is 0 Å². The van der Waals surface area contributed by atoms with Crippen molar-refractivity contribution in [1.82, 2.24) is 14.9 Å². The van der Waals surface area contributed by atoms with E-state index in [4.69, 9.17) is 5.73 Å². The van der Waals surface area contributed by atoms with Crippen LogP contribution in [-0.4, -0.2) is 53.1 Å². The minimum absolute atomic E-state index is 0.00771. The SMILES string of the molecule is Cc1ncnc(N2CCN(C(C)(C)CN)CC2)c1F. The van der Waals surface area contributed by atoms with Gasteiger partial charge in [0.25, 0.3) is 0 Å². The van der Waals surface area contributed by atoms with Gasteiger partial charge in [-0.25, -0.2) is 14.4 Å². The average Bonchev–Trinajstić information content (AvgIpc) is 2.42. The van der Waals surface area contributed by atoms with Crippen LogP contribution in [0.25, 0.3) is 0 Å². The smallest absolute Gasteiger partial charge is 0.186 e. The first-order valence-corrected chi connectivity index (χ1v) is 6.63. The molecule has 0 amide bonds. The minimum atomic E-state index is -0.311. The lowest BCUT2D eigenvalue weighted by Crippen LogP contribution is -2.57. The molecule has 2 heterocycles. The van der Waals surface area contributed by atoms with Crippen molar-refractivity contribution in [2.24, 2.45) is 5.73 Å². The number of nitrogens with two attached hydrogens (primary N) is 1. The van der Waals surface area contributed by atoms with Gasteiger partial charge in [-0.1, -0.05) is 0 Å². The molecular weight excluding hydrogens is 245 g/mol. The first kappa shape index (κ1) is 14.1.